The summed E-state index contributed by atoms with van der Waals surface area (Å²) < 4.78 is 32.5. The minimum Gasteiger partial charge on any atom is -0.371 e. The molecule has 2 saturated heterocycles. The van der Waals surface area contributed by atoms with Gasteiger partial charge in [0.1, 0.15) is 6.10 Å². The highest BCUT2D eigenvalue weighted by Gasteiger charge is 2.30. The summed E-state index contributed by atoms with van der Waals surface area (Å²) in [5, 5.41) is 0.645. The van der Waals surface area contributed by atoms with Crippen molar-refractivity contribution in [3.8, 4) is 0 Å². The lowest BCUT2D eigenvalue weighted by Crippen LogP contribution is -2.42. The summed E-state index contributed by atoms with van der Waals surface area (Å²) in [5.74, 6) is -0.176. The number of carbonyl (C=O) groups is 1. The monoisotopic (exact) mass is 477 g/mol. The van der Waals surface area contributed by atoms with E-state index in [1.807, 2.05) is 24.3 Å². The van der Waals surface area contributed by atoms with E-state index in [1.54, 1.807) is 17.0 Å². The number of ether oxygens (including phenoxy) is 1. The van der Waals surface area contributed by atoms with Crippen LogP contribution in [0, 0.1) is 0 Å². The van der Waals surface area contributed by atoms with E-state index in [0.29, 0.717) is 30.3 Å². The normalized spacial score (nSPS) is 19.6. The van der Waals surface area contributed by atoms with Crippen LogP contribution >= 0.6 is 11.6 Å². The van der Waals surface area contributed by atoms with E-state index in [4.69, 9.17) is 16.3 Å². The Hall–Kier alpha value is -2.13. The van der Waals surface area contributed by atoms with E-state index in [2.05, 4.69) is 4.90 Å². The molecule has 1 amide bonds. The lowest BCUT2D eigenvalue weighted by Gasteiger charge is -2.34. The Kier molecular flexibility index (Phi) is 6.76. The van der Waals surface area contributed by atoms with Crippen LogP contribution in [0.1, 0.15) is 34.9 Å². The van der Waals surface area contributed by atoms with Gasteiger partial charge in [-0.2, -0.15) is 0 Å². The van der Waals surface area contributed by atoms with Crippen molar-refractivity contribution in [3.63, 3.8) is 0 Å². The fraction of sp³-hybridized carbons (Fsp3) is 0.435. The van der Waals surface area contributed by atoms with Crippen molar-refractivity contribution in [3.05, 3.63) is 58.6 Å². The Balaban J connectivity index is 1.66. The van der Waals surface area contributed by atoms with Crippen LogP contribution in [0.15, 0.2) is 47.4 Å². The van der Waals surface area contributed by atoms with Crippen molar-refractivity contribution in [1.82, 2.24) is 9.21 Å². The maximum atomic E-state index is 13.7. The van der Waals surface area contributed by atoms with Crippen molar-refractivity contribution in [1.29, 1.82) is 0 Å². The van der Waals surface area contributed by atoms with E-state index in [9.17, 15) is 13.2 Å². The number of carbonyl (C=O) groups excluding carboxylic acids is 1. The highest BCUT2D eigenvalue weighted by Crippen LogP contribution is 2.31. The molecule has 2 aliphatic rings. The van der Waals surface area contributed by atoms with Crippen LogP contribution in [-0.2, 0) is 14.8 Å². The smallest absolute Gasteiger partial charge is 0.256 e. The zero-order valence-electron chi connectivity index (χ0n) is 18.3. The van der Waals surface area contributed by atoms with E-state index in [1.165, 1.54) is 20.2 Å². The Labute approximate surface area is 194 Å². The third-order valence-electron chi connectivity index (χ3n) is 6.02. The van der Waals surface area contributed by atoms with Gasteiger partial charge in [0.05, 0.1) is 23.6 Å². The van der Waals surface area contributed by atoms with Crippen LogP contribution < -0.4 is 4.90 Å². The average Bonchev–Trinajstić information content (AvgIpc) is 3.33. The maximum absolute atomic E-state index is 13.7. The summed E-state index contributed by atoms with van der Waals surface area (Å²) in [4.78, 5) is 17.7. The highest BCUT2D eigenvalue weighted by molar-refractivity contribution is 7.89. The molecule has 4 rings (SSSR count). The zero-order chi connectivity index (χ0) is 22.9. The standard InChI is InChI=1S/C23H28ClN3O4S/c1-25(2)32(29,30)19-9-10-21(26-11-3-4-12-26)20(15-19)23(28)27-13-14-31-22(16-27)17-5-7-18(24)8-6-17/h5-10,15,22H,3-4,11-14,16H2,1-2H3. The first-order chi connectivity index (χ1) is 15.3. The van der Waals surface area contributed by atoms with Gasteiger partial charge in [0.25, 0.3) is 5.91 Å². The van der Waals surface area contributed by atoms with E-state index in [-0.39, 0.29) is 16.9 Å². The summed E-state index contributed by atoms with van der Waals surface area (Å²) in [5.41, 5.74) is 2.17. The van der Waals surface area contributed by atoms with Crippen molar-refractivity contribution < 1.29 is 17.9 Å². The van der Waals surface area contributed by atoms with E-state index in [0.717, 1.165) is 41.5 Å². The van der Waals surface area contributed by atoms with Gasteiger partial charge in [-0.1, -0.05) is 23.7 Å². The van der Waals surface area contributed by atoms with Gasteiger partial charge in [0.15, 0.2) is 0 Å². The first-order valence-corrected chi connectivity index (χ1v) is 12.6. The molecule has 9 heteroatoms. The second kappa shape index (κ2) is 9.39. The first-order valence-electron chi connectivity index (χ1n) is 10.8. The molecule has 0 saturated carbocycles. The van der Waals surface area contributed by atoms with Crippen molar-refractivity contribution >= 4 is 33.2 Å². The van der Waals surface area contributed by atoms with Crippen LogP contribution in [0.3, 0.4) is 0 Å². The molecule has 0 bridgehead atoms. The van der Waals surface area contributed by atoms with E-state index >= 15 is 0 Å². The SMILES string of the molecule is CN(C)S(=O)(=O)c1ccc(N2CCCC2)c(C(=O)N2CCOC(c3ccc(Cl)cc3)C2)c1. The highest BCUT2D eigenvalue weighted by atomic mass is 35.5. The predicted octanol–water partition coefficient (Wildman–Crippen LogP) is 3.40. The first kappa shape index (κ1) is 23.0. The topological polar surface area (TPSA) is 70.2 Å². The van der Waals surface area contributed by atoms with Crippen LogP contribution in [0.5, 0.6) is 0 Å². The summed E-state index contributed by atoms with van der Waals surface area (Å²) >= 11 is 6.00. The third-order valence-corrected chi connectivity index (χ3v) is 8.08. The Bertz CT molecular complexity index is 1080. The third kappa shape index (κ3) is 4.64. The number of amides is 1. The zero-order valence-corrected chi connectivity index (χ0v) is 19.9. The van der Waals surface area contributed by atoms with Gasteiger partial charge < -0.3 is 14.5 Å². The molecule has 0 radical (unpaired) electrons. The molecule has 1 atom stereocenters. The summed E-state index contributed by atoms with van der Waals surface area (Å²) in [6, 6.07) is 12.3. The lowest BCUT2D eigenvalue weighted by molar-refractivity contribution is -0.0228. The molecule has 0 aromatic heterocycles. The second-order valence-electron chi connectivity index (χ2n) is 8.32. The van der Waals surface area contributed by atoms with Gasteiger partial charge in [-0.3, -0.25) is 4.79 Å². The number of benzene rings is 2. The van der Waals surface area contributed by atoms with Crippen LogP contribution in [-0.4, -0.2) is 70.4 Å². The van der Waals surface area contributed by atoms with Gasteiger partial charge in [-0.05, 0) is 48.7 Å². The Morgan fingerprint density at radius 3 is 2.41 bits per heavy atom. The molecular formula is C23H28ClN3O4S. The number of anilines is 1. The lowest BCUT2D eigenvalue weighted by atomic mass is 10.1. The number of sulfonamides is 1. The van der Waals surface area contributed by atoms with Crippen LogP contribution in [0.2, 0.25) is 5.02 Å². The molecule has 0 spiro atoms. The van der Waals surface area contributed by atoms with Crippen LogP contribution in [0.4, 0.5) is 5.69 Å². The number of hydrogen-bond donors (Lipinski definition) is 0. The molecule has 2 aliphatic heterocycles. The quantitative estimate of drug-likeness (QED) is 0.660. The number of hydrogen-bond acceptors (Lipinski definition) is 5. The number of rotatable bonds is 5. The molecule has 0 aliphatic carbocycles. The van der Waals surface area contributed by atoms with Crippen LogP contribution in [0.25, 0.3) is 0 Å². The summed E-state index contributed by atoms with van der Waals surface area (Å²) in [6.45, 7) is 2.97. The Morgan fingerprint density at radius 2 is 1.75 bits per heavy atom. The minimum absolute atomic E-state index is 0.122. The maximum Gasteiger partial charge on any atom is 0.256 e. The van der Waals surface area contributed by atoms with Gasteiger partial charge in [-0.25, -0.2) is 12.7 Å². The molecule has 32 heavy (non-hydrogen) atoms. The Morgan fingerprint density at radius 1 is 1.06 bits per heavy atom. The van der Waals surface area contributed by atoms with Crippen molar-refractivity contribution in [2.75, 3.05) is 51.8 Å². The molecule has 2 aromatic rings. The molecule has 1 unspecified atom stereocenters. The molecule has 2 aromatic carbocycles. The fourth-order valence-electron chi connectivity index (χ4n) is 4.17. The summed E-state index contributed by atoms with van der Waals surface area (Å²) in [7, 11) is -0.675. The molecular weight excluding hydrogens is 450 g/mol. The second-order valence-corrected chi connectivity index (χ2v) is 10.9. The largest absolute Gasteiger partial charge is 0.371 e. The van der Waals surface area contributed by atoms with Gasteiger partial charge in [0.2, 0.25) is 10.0 Å². The van der Waals surface area contributed by atoms with Crippen molar-refractivity contribution in [2.24, 2.45) is 0 Å². The number of morpholine rings is 1. The van der Waals surface area contributed by atoms with Crippen molar-refractivity contribution in [2.45, 2.75) is 23.8 Å². The van der Waals surface area contributed by atoms with Gasteiger partial charge >= 0.3 is 0 Å². The summed E-state index contributed by atoms with van der Waals surface area (Å²) in [6.07, 6.45) is 1.86. The predicted molar refractivity (Wildman–Crippen MR) is 125 cm³/mol. The number of halogens is 1. The van der Waals surface area contributed by atoms with E-state index < -0.39 is 10.0 Å². The molecule has 0 N–H and O–H groups in total. The van der Waals surface area contributed by atoms with Gasteiger partial charge in [0, 0.05) is 44.4 Å². The molecule has 2 heterocycles. The molecule has 2 fully saturated rings. The average molecular weight is 478 g/mol. The number of nitrogens with zero attached hydrogens (tertiary/aromatic N) is 3. The minimum atomic E-state index is -3.65. The molecule has 7 nitrogen and oxygen atoms in total. The van der Waals surface area contributed by atoms with Gasteiger partial charge in [-0.15, -0.1) is 0 Å². The molecule has 172 valence electrons. The fourth-order valence-corrected chi connectivity index (χ4v) is 5.23.